The minimum absolute atomic E-state index is 0.0134. The van der Waals surface area contributed by atoms with Gasteiger partial charge in [0, 0.05) is 18.2 Å². The van der Waals surface area contributed by atoms with Gasteiger partial charge in [-0.25, -0.2) is 4.39 Å². The van der Waals surface area contributed by atoms with E-state index in [1.807, 2.05) is 13.0 Å². The van der Waals surface area contributed by atoms with Crippen molar-refractivity contribution >= 4 is 11.6 Å². The van der Waals surface area contributed by atoms with Crippen LogP contribution < -0.4 is 11.1 Å². The van der Waals surface area contributed by atoms with E-state index in [1.54, 1.807) is 12.3 Å². The van der Waals surface area contributed by atoms with E-state index in [0.29, 0.717) is 6.42 Å². The number of nitrogens with one attached hydrogen (secondary N) is 1. The van der Waals surface area contributed by atoms with E-state index in [2.05, 4.69) is 5.32 Å². The molecule has 3 N–H and O–H groups in total. The van der Waals surface area contributed by atoms with E-state index < -0.39 is 11.7 Å². The molecular weight excluding hydrogens is 247 g/mol. The number of carbonyl (C=O) groups is 1. The van der Waals surface area contributed by atoms with Crippen molar-refractivity contribution < 1.29 is 13.6 Å². The molecule has 0 saturated carbocycles. The van der Waals surface area contributed by atoms with Gasteiger partial charge in [0.25, 0.3) is 5.91 Å². The predicted octanol–water partition coefficient (Wildman–Crippen LogP) is 2.36. The summed E-state index contributed by atoms with van der Waals surface area (Å²) in [5.41, 5.74) is 5.71. The topological polar surface area (TPSA) is 68.3 Å². The lowest BCUT2D eigenvalue weighted by Crippen LogP contribution is -2.34. The van der Waals surface area contributed by atoms with Crippen LogP contribution in [0.25, 0.3) is 0 Å². The number of rotatable bonds is 4. The van der Waals surface area contributed by atoms with Gasteiger partial charge in [-0.2, -0.15) is 0 Å². The number of furan rings is 1. The highest BCUT2D eigenvalue weighted by Gasteiger charge is 2.15. The van der Waals surface area contributed by atoms with Crippen molar-refractivity contribution in [3.63, 3.8) is 0 Å². The quantitative estimate of drug-likeness (QED) is 0.831. The second-order valence-electron chi connectivity index (χ2n) is 4.40. The standard InChI is InChI=1S/C14H15FN2O2/c1-9(7-11-3-2-6-19-11)17-14(18)12-5-4-10(16)8-13(12)15/h2-6,8-9H,7,16H2,1H3,(H,17,18). The Bertz CT molecular complexity index is 567. The van der Waals surface area contributed by atoms with Crippen molar-refractivity contribution in [1.29, 1.82) is 0 Å². The molecule has 2 rings (SSSR count). The number of benzene rings is 1. The largest absolute Gasteiger partial charge is 0.469 e. The Labute approximate surface area is 110 Å². The molecule has 0 aliphatic heterocycles. The summed E-state index contributed by atoms with van der Waals surface area (Å²) in [6.07, 6.45) is 2.12. The molecule has 0 aliphatic rings. The molecule has 100 valence electrons. The summed E-state index contributed by atoms with van der Waals surface area (Å²) >= 11 is 0. The summed E-state index contributed by atoms with van der Waals surface area (Å²) in [6, 6.07) is 7.45. The van der Waals surface area contributed by atoms with E-state index in [0.717, 1.165) is 11.8 Å². The van der Waals surface area contributed by atoms with Crippen molar-refractivity contribution in [1.82, 2.24) is 5.32 Å². The highest BCUT2D eigenvalue weighted by atomic mass is 19.1. The van der Waals surface area contributed by atoms with Crippen LogP contribution in [0.1, 0.15) is 23.0 Å². The van der Waals surface area contributed by atoms with Crippen LogP contribution in [0.4, 0.5) is 10.1 Å². The van der Waals surface area contributed by atoms with Gasteiger partial charge in [0.05, 0.1) is 11.8 Å². The number of nitrogens with two attached hydrogens (primary N) is 1. The Kier molecular flexibility index (Phi) is 3.85. The Balaban J connectivity index is 2.00. The fourth-order valence-corrected chi connectivity index (χ4v) is 1.80. The average Bonchev–Trinajstić information content (AvgIpc) is 2.81. The molecule has 5 heteroatoms. The molecule has 0 bridgehead atoms. The minimum atomic E-state index is -0.623. The summed E-state index contributed by atoms with van der Waals surface area (Å²) < 4.78 is 18.8. The normalized spacial score (nSPS) is 12.1. The first-order chi connectivity index (χ1) is 9.06. The maximum atomic E-state index is 13.6. The zero-order chi connectivity index (χ0) is 13.8. The smallest absolute Gasteiger partial charge is 0.254 e. The number of halogens is 1. The Morgan fingerprint density at radius 3 is 2.89 bits per heavy atom. The highest BCUT2D eigenvalue weighted by Crippen LogP contribution is 2.12. The third-order valence-electron chi connectivity index (χ3n) is 2.70. The molecule has 0 aliphatic carbocycles. The highest BCUT2D eigenvalue weighted by molar-refractivity contribution is 5.95. The third kappa shape index (κ3) is 3.34. The number of hydrogen-bond donors (Lipinski definition) is 2. The van der Waals surface area contributed by atoms with E-state index in [1.165, 1.54) is 12.1 Å². The second-order valence-corrected chi connectivity index (χ2v) is 4.40. The number of amides is 1. The molecule has 4 nitrogen and oxygen atoms in total. The molecule has 1 amide bonds. The number of carbonyl (C=O) groups excluding carboxylic acids is 1. The predicted molar refractivity (Wildman–Crippen MR) is 70.2 cm³/mol. The SMILES string of the molecule is CC(Cc1ccco1)NC(=O)c1ccc(N)cc1F. The molecule has 0 saturated heterocycles. The van der Waals surface area contributed by atoms with Crippen LogP contribution in [-0.2, 0) is 6.42 Å². The van der Waals surface area contributed by atoms with Crippen molar-refractivity contribution in [3.05, 3.63) is 53.7 Å². The molecular formula is C14H15FN2O2. The van der Waals surface area contributed by atoms with Crippen LogP contribution in [-0.4, -0.2) is 11.9 Å². The first-order valence-corrected chi connectivity index (χ1v) is 5.94. The zero-order valence-electron chi connectivity index (χ0n) is 10.5. The lowest BCUT2D eigenvalue weighted by Gasteiger charge is -2.13. The van der Waals surface area contributed by atoms with Crippen LogP contribution in [0.15, 0.2) is 41.0 Å². The monoisotopic (exact) mass is 262 g/mol. The van der Waals surface area contributed by atoms with Crippen LogP contribution in [0.3, 0.4) is 0 Å². The third-order valence-corrected chi connectivity index (χ3v) is 2.70. The van der Waals surface area contributed by atoms with Crippen LogP contribution in [0, 0.1) is 5.82 Å². The second kappa shape index (κ2) is 5.56. The van der Waals surface area contributed by atoms with Crippen LogP contribution in [0.2, 0.25) is 0 Å². The molecule has 0 spiro atoms. The Morgan fingerprint density at radius 2 is 2.26 bits per heavy atom. The molecule has 2 aromatic rings. The fourth-order valence-electron chi connectivity index (χ4n) is 1.80. The van der Waals surface area contributed by atoms with Crippen molar-refractivity contribution in [2.45, 2.75) is 19.4 Å². The molecule has 1 aromatic carbocycles. The molecule has 1 atom stereocenters. The summed E-state index contributed by atoms with van der Waals surface area (Å²) in [7, 11) is 0. The summed E-state index contributed by atoms with van der Waals surface area (Å²) in [4.78, 5) is 11.9. The van der Waals surface area contributed by atoms with Crippen molar-refractivity contribution in [3.8, 4) is 0 Å². The van der Waals surface area contributed by atoms with E-state index in [4.69, 9.17) is 10.2 Å². The molecule has 1 aromatic heterocycles. The Hall–Kier alpha value is -2.30. The molecule has 1 heterocycles. The van der Waals surface area contributed by atoms with Gasteiger partial charge in [-0.1, -0.05) is 0 Å². The molecule has 19 heavy (non-hydrogen) atoms. The van der Waals surface area contributed by atoms with Gasteiger partial charge in [0.2, 0.25) is 0 Å². The van der Waals surface area contributed by atoms with E-state index in [9.17, 15) is 9.18 Å². The average molecular weight is 262 g/mol. The number of nitrogen functional groups attached to an aromatic ring is 1. The maximum Gasteiger partial charge on any atom is 0.254 e. The van der Waals surface area contributed by atoms with Crippen LogP contribution >= 0.6 is 0 Å². The van der Waals surface area contributed by atoms with Crippen molar-refractivity contribution in [2.24, 2.45) is 0 Å². The molecule has 0 fully saturated rings. The van der Waals surface area contributed by atoms with Crippen molar-refractivity contribution in [2.75, 3.05) is 5.73 Å². The van der Waals surface area contributed by atoms with Gasteiger partial charge in [-0.15, -0.1) is 0 Å². The van der Waals surface area contributed by atoms with Gasteiger partial charge in [0.15, 0.2) is 0 Å². The van der Waals surface area contributed by atoms with Gasteiger partial charge in [-0.05, 0) is 37.3 Å². The lowest BCUT2D eigenvalue weighted by molar-refractivity contribution is 0.0935. The summed E-state index contributed by atoms with van der Waals surface area (Å²) in [5, 5.41) is 2.71. The van der Waals surface area contributed by atoms with Gasteiger partial charge >= 0.3 is 0 Å². The molecule has 1 unspecified atom stereocenters. The summed E-state index contributed by atoms with van der Waals surface area (Å²) in [5.74, 6) is -0.315. The van der Waals surface area contributed by atoms with E-state index >= 15 is 0 Å². The number of anilines is 1. The van der Waals surface area contributed by atoms with E-state index in [-0.39, 0.29) is 17.3 Å². The first kappa shape index (κ1) is 13.1. The van der Waals surface area contributed by atoms with Crippen LogP contribution in [0.5, 0.6) is 0 Å². The first-order valence-electron chi connectivity index (χ1n) is 5.94. The lowest BCUT2D eigenvalue weighted by atomic mass is 10.1. The fraction of sp³-hybridized carbons (Fsp3) is 0.214. The van der Waals surface area contributed by atoms with Gasteiger partial charge in [0.1, 0.15) is 11.6 Å². The minimum Gasteiger partial charge on any atom is -0.469 e. The molecule has 0 radical (unpaired) electrons. The Morgan fingerprint density at radius 1 is 1.47 bits per heavy atom. The summed E-state index contributed by atoms with van der Waals surface area (Å²) in [6.45, 7) is 1.83. The zero-order valence-corrected chi connectivity index (χ0v) is 10.5. The van der Waals surface area contributed by atoms with Gasteiger partial charge in [-0.3, -0.25) is 4.79 Å². The number of hydrogen-bond acceptors (Lipinski definition) is 3. The van der Waals surface area contributed by atoms with Gasteiger partial charge < -0.3 is 15.5 Å². The maximum absolute atomic E-state index is 13.6.